The van der Waals surface area contributed by atoms with Crippen LogP contribution in [-0.2, 0) is 22.6 Å². The predicted molar refractivity (Wildman–Crippen MR) is 106 cm³/mol. The first-order valence-electron chi connectivity index (χ1n) is 9.14. The highest BCUT2D eigenvalue weighted by Gasteiger charge is 2.15. The molecule has 2 aromatic heterocycles. The first kappa shape index (κ1) is 19.9. The summed E-state index contributed by atoms with van der Waals surface area (Å²) in [6.07, 6.45) is 1.10. The topological polar surface area (TPSA) is 82.3 Å². The molecular formula is C21H22N2O4S. The summed E-state index contributed by atoms with van der Waals surface area (Å²) in [5.41, 5.74) is 2.75. The third-order valence-electron chi connectivity index (χ3n) is 4.34. The van der Waals surface area contributed by atoms with Gasteiger partial charge in [0.05, 0.1) is 6.42 Å². The average Bonchev–Trinajstić information content (AvgIpc) is 3.30. The van der Waals surface area contributed by atoms with Crippen molar-refractivity contribution in [2.24, 2.45) is 0 Å². The molecule has 0 bridgehead atoms. The van der Waals surface area contributed by atoms with Crippen LogP contribution in [0.15, 0.2) is 34.9 Å². The van der Waals surface area contributed by atoms with Crippen LogP contribution in [0.3, 0.4) is 0 Å². The number of esters is 1. The summed E-state index contributed by atoms with van der Waals surface area (Å²) < 4.78 is 10.3. The van der Waals surface area contributed by atoms with Crippen molar-refractivity contribution in [3.63, 3.8) is 0 Å². The van der Waals surface area contributed by atoms with E-state index in [1.165, 1.54) is 5.56 Å². The molecule has 0 spiro atoms. The molecule has 0 radical (unpaired) electrons. The van der Waals surface area contributed by atoms with Gasteiger partial charge in [-0.05, 0) is 31.9 Å². The maximum Gasteiger partial charge on any atom is 0.306 e. The summed E-state index contributed by atoms with van der Waals surface area (Å²) in [4.78, 5) is 30.5. The SMILES string of the molecule is CCc1ccc(-c2noc(COC(=O)CCC(=O)c3cc(C)sc3C)n2)cc1. The molecule has 146 valence electrons. The van der Waals surface area contributed by atoms with Crippen molar-refractivity contribution in [2.45, 2.75) is 46.6 Å². The highest BCUT2D eigenvalue weighted by molar-refractivity contribution is 7.12. The molecule has 0 fully saturated rings. The highest BCUT2D eigenvalue weighted by Crippen LogP contribution is 2.22. The zero-order valence-corrected chi connectivity index (χ0v) is 17.0. The van der Waals surface area contributed by atoms with E-state index < -0.39 is 5.97 Å². The molecule has 0 amide bonds. The Labute approximate surface area is 167 Å². The Kier molecular flexibility index (Phi) is 6.36. The lowest BCUT2D eigenvalue weighted by Gasteiger charge is -2.02. The lowest BCUT2D eigenvalue weighted by atomic mass is 10.1. The van der Waals surface area contributed by atoms with Crippen LogP contribution in [0.1, 0.15) is 51.3 Å². The molecule has 0 saturated heterocycles. The van der Waals surface area contributed by atoms with Gasteiger partial charge in [0.15, 0.2) is 12.4 Å². The maximum atomic E-state index is 12.2. The average molecular weight is 398 g/mol. The smallest absolute Gasteiger partial charge is 0.306 e. The molecule has 0 saturated carbocycles. The van der Waals surface area contributed by atoms with Gasteiger partial charge >= 0.3 is 5.97 Å². The second-order valence-corrected chi connectivity index (χ2v) is 7.93. The van der Waals surface area contributed by atoms with Gasteiger partial charge in [-0.15, -0.1) is 11.3 Å². The van der Waals surface area contributed by atoms with Gasteiger partial charge in [-0.3, -0.25) is 9.59 Å². The minimum absolute atomic E-state index is 0.0205. The van der Waals surface area contributed by atoms with E-state index in [9.17, 15) is 9.59 Å². The minimum atomic E-state index is -0.468. The number of hydrogen-bond donors (Lipinski definition) is 0. The van der Waals surface area contributed by atoms with Gasteiger partial charge in [0.2, 0.25) is 5.82 Å². The largest absolute Gasteiger partial charge is 0.456 e. The van der Waals surface area contributed by atoms with Crippen LogP contribution in [0.4, 0.5) is 0 Å². The Hall–Kier alpha value is -2.80. The monoisotopic (exact) mass is 398 g/mol. The molecule has 0 aliphatic rings. The zero-order chi connectivity index (χ0) is 20.1. The molecule has 0 aliphatic heterocycles. The Morgan fingerprint density at radius 2 is 1.89 bits per heavy atom. The lowest BCUT2D eigenvalue weighted by molar-refractivity contribution is -0.145. The third kappa shape index (κ3) is 4.92. The van der Waals surface area contributed by atoms with Crippen molar-refractivity contribution in [1.29, 1.82) is 0 Å². The van der Waals surface area contributed by atoms with E-state index in [1.54, 1.807) is 11.3 Å². The van der Waals surface area contributed by atoms with Crippen LogP contribution in [0.25, 0.3) is 11.4 Å². The van der Waals surface area contributed by atoms with E-state index in [2.05, 4.69) is 17.1 Å². The first-order valence-corrected chi connectivity index (χ1v) is 9.95. The number of carbonyl (C=O) groups excluding carboxylic acids is 2. The Morgan fingerprint density at radius 1 is 1.14 bits per heavy atom. The van der Waals surface area contributed by atoms with Gasteiger partial charge in [0.1, 0.15) is 0 Å². The van der Waals surface area contributed by atoms with Gasteiger partial charge < -0.3 is 9.26 Å². The number of nitrogens with zero attached hydrogens (tertiary/aromatic N) is 2. The van der Waals surface area contributed by atoms with E-state index in [-0.39, 0.29) is 31.1 Å². The fourth-order valence-electron chi connectivity index (χ4n) is 2.79. The molecule has 0 atom stereocenters. The number of rotatable bonds is 8. The summed E-state index contributed by atoms with van der Waals surface area (Å²) in [6.45, 7) is 5.85. The molecule has 0 aliphatic carbocycles. The molecule has 1 aromatic carbocycles. The molecule has 6 nitrogen and oxygen atoms in total. The van der Waals surface area contributed by atoms with Gasteiger partial charge in [-0.1, -0.05) is 36.3 Å². The van der Waals surface area contributed by atoms with Crippen LogP contribution >= 0.6 is 11.3 Å². The number of aromatic nitrogens is 2. The number of ether oxygens (including phenoxy) is 1. The van der Waals surface area contributed by atoms with Crippen molar-refractivity contribution in [2.75, 3.05) is 0 Å². The van der Waals surface area contributed by atoms with Crippen LogP contribution in [0.5, 0.6) is 0 Å². The number of hydrogen-bond acceptors (Lipinski definition) is 7. The fraction of sp³-hybridized carbons (Fsp3) is 0.333. The van der Waals surface area contributed by atoms with Crippen molar-refractivity contribution < 1.29 is 18.8 Å². The van der Waals surface area contributed by atoms with Gasteiger partial charge in [-0.2, -0.15) is 4.98 Å². The van der Waals surface area contributed by atoms with E-state index >= 15 is 0 Å². The van der Waals surface area contributed by atoms with E-state index in [4.69, 9.17) is 9.26 Å². The molecule has 3 aromatic rings. The summed E-state index contributed by atoms with van der Waals surface area (Å²) in [5, 5.41) is 3.92. The second-order valence-electron chi connectivity index (χ2n) is 6.47. The van der Waals surface area contributed by atoms with Crippen LogP contribution in [0, 0.1) is 13.8 Å². The summed E-state index contributed by atoms with van der Waals surface area (Å²) in [6, 6.07) is 9.75. The van der Waals surface area contributed by atoms with Crippen LogP contribution < -0.4 is 0 Å². The first-order chi connectivity index (χ1) is 13.5. The van der Waals surface area contributed by atoms with Crippen molar-refractivity contribution in [3.8, 4) is 11.4 Å². The molecule has 28 heavy (non-hydrogen) atoms. The van der Waals surface area contributed by atoms with Crippen molar-refractivity contribution in [3.05, 3.63) is 57.1 Å². The Morgan fingerprint density at radius 3 is 2.54 bits per heavy atom. The zero-order valence-electron chi connectivity index (χ0n) is 16.2. The molecule has 2 heterocycles. The normalized spacial score (nSPS) is 10.8. The molecule has 7 heteroatoms. The van der Waals surface area contributed by atoms with Crippen LogP contribution in [-0.4, -0.2) is 21.9 Å². The van der Waals surface area contributed by atoms with E-state index in [0.29, 0.717) is 11.4 Å². The fourth-order valence-corrected chi connectivity index (χ4v) is 3.74. The van der Waals surface area contributed by atoms with Gasteiger partial charge in [0.25, 0.3) is 5.89 Å². The Balaban J connectivity index is 1.49. The number of Topliss-reactive ketones (excluding diaryl/α,β-unsaturated/α-hetero) is 1. The number of benzene rings is 1. The van der Waals surface area contributed by atoms with Gasteiger partial charge in [0, 0.05) is 27.3 Å². The summed E-state index contributed by atoms with van der Waals surface area (Å²) in [7, 11) is 0. The Bertz CT molecular complexity index is 973. The highest BCUT2D eigenvalue weighted by atomic mass is 32.1. The molecule has 0 N–H and O–H groups in total. The number of ketones is 1. The number of thiophene rings is 1. The van der Waals surface area contributed by atoms with E-state index in [0.717, 1.165) is 21.7 Å². The number of aryl methyl sites for hydroxylation is 3. The minimum Gasteiger partial charge on any atom is -0.456 e. The summed E-state index contributed by atoms with van der Waals surface area (Å²) >= 11 is 1.58. The third-order valence-corrected chi connectivity index (χ3v) is 5.31. The quantitative estimate of drug-likeness (QED) is 0.405. The summed E-state index contributed by atoms with van der Waals surface area (Å²) in [5.74, 6) is 0.158. The second kappa shape index (κ2) is 8.93. The molecule has 3 rings (SSSR count). The number of carbonyl (C=O) groups is 2. The van der Waals surface area contributed by atoms with Crippen LogP contribution in [0.2, 0.25) is 0 Å². The van der Waals surface area contributed by atoms with Crippen molar-refractivity contribution in [1.82, 2.24) is 10.1 Å². The maximum absolute atomic E-state index is 12.2. The molecular weight excluding hydrogens is 376 g/mol. The van der Waals surface area contributed by atoms with Gasteiger partial charge in [-0.25, -0.2) is 0 Å². The van der Waals surface area contributed by atoms with Crippen molar-refractivity contribution >= 4 is 23.1 Å². The lowest BCUT2D eigenvalue weighted by Crippen LogP contribution is -2.08. The van der Waals surface area contributed by atoms with E-state index in [1.807, 2.05) is 44.2 Å². The standard InChI is InChI=1S/C21H22N2O4S/c1-4-15-5-7-16(8-6-15)21-22-19(27-23-21)12-26-20(25)10-9-18(24)17-11-13(2)28-14(17)3/h5-8,11H,4,9-10,12H2,1-3H3. The predicted octanol–water partition coefficient (Wildman–Crippen LogP) is 4.68. The molecule has 0 unspecified atom stereocenters.